The van der Waals surface area contributed by atoms with E-state index in [0.717, 1.165) is 11.4 Å². The van der Waals surface area contributed by atoms with E-state index in [0.29, 0.717) is 11.6 Å². The highest BCUT2D eigenvalue weighted by molar-refractivity contribution is 6.30. The lowest BCUT2D eigenvalue weighted by molar-refractivity contribution is -0.116. The number of imidazole rings is 1. The van der Waals surface area contributed by atoms with Gasteiger partial charge < -0.3 is 9.88 Å². The number of hydrogen-bond donors (Lipinski definition) is 1. The van der Waals surface area contributed by atoms with Crippen molar-refractivity contribution in [2.45, 2.75) is 6.54 Å². The summed E-state index contributed by atoms with van der Waals surface area (Å²) in [5.74, 6) is 0.659. The lowest BCUT2D eigenvalue weighted by atomic mass is 10.2. The molecule has 0 saturated carbocycles. The summed E-state index contributed by atoms with van der Waals surface area (Å²) in [7, 11) is 1.89. The molecule has 98 valence electrons. The molecule has 0 saturated heterocycles. The molecule has 0 radical (unpaired) electrons. The van der Waals surface area contributed by atoms with Crippen molar-refractivity contribution in [3.8, 4) is 0 Å². The third-order valence-corrected chi connectivity index (χ3v) is 2.89. The van der Waals surface area contributed by atoms with Crippen LogP contribution in [0.2, 0.25) is 5.02 Å². The van der Waals surface area contributed by atoms with Crippen LogP contribution in [0.1, 0.15) is 11.4 Å². The van der Waals surface area contributed by atoms with Crippen molar-refractivity contribution in [3.63, 3.8) is 0 Å². The molecule has 2 rings (SSSR count). The number of aromatic nitrogens is 2. The van der Waals surface area contributed by atoms with Crippen molar-refractivity contribution in [3.05, 3.63) is 59.1 Å². The average Bonchev–Trinajstić information content (AvgIpc) is 2.81. The summed E-state index contributed by atoms with van der Waals surface area (Å²) in [5, 5.41) is 3.45. The first-order valence-corrected chi connectivity index (χ1v) is 6.20. The molecule has 2 aromatic rings. The summed E-state index contributed by atoms with van der Waals surface area (Å²) in [6.07, 6.45) is 6.77. The molecule has 0 aliphatic heterocycles. The zero-order valence-electron chi connectivity index (χ0n) is 10.5. The molecule has 5 heteroatoms. The topological polar surface area (TPSA) is 46.9 Å². The molecule has 0 bridgehead atoms. The second-order valence-corrected chi connectivity index (χ2v) is 4.49. The molecule has 0 spiro atoms. The van der Waals surface area contributed by atoms with Crippen molar-refractivity contribution >= 4 is 23.6 Å². The largest absolute Gasteiger partial charge is 0.345 e. The van der Waals surface area contributed by atoms with Crippen LogP contribution >= 0.6 is 11.6 Å². The van der Waals surface area contributed by atoms with Crippen molar-refractivity contribution < 1.29 is 4.79 Å². The molecular formula is C14H14ClN3O. The molecule has 0 aliphatic rings. The minimum Gasteiger partial charge on any atom is -0.345 e. The molecular weight excluding hydrogens is 262 g/mol. The minimum absolute atomic E-state index is 0.155. The molecule has 1 amide bonds. The van der Waals surface area contributed by atoms with Gasteiger partial charge in [0.05, 0.1) is 6.54 Å². The number of carbonyl (C=O) groups is 1. The molecule has 0 fully saturated rings. The van der Waals surface area contributed by atoms with Crippen LogP contribution in [0, 0.1) is 0 Å². The molecule has 19 heavy (non-hydrogen) atoms. The normalized spacial score (nSPS) is 10.8. The lowest BCUT2D eigenvalue weighted by Gasteiger charge is -2.02. The van der Waals surface area contributed by atoms with Gasteiger partial charge in [0, 0.05) is 30.5 Å². The summed E-state index contributed by atoms with van der Waals surface area (Å²) in [4.78, 5) is 15.8. The summed E-state index contributed by atoms with van der Waals surface area (Å²) in [6, 6.07) is 7.27. The highest BCUT2D eigenvalue weighted by Gasteiger charge is 2.00. The molecule has 0 aliphatic carbocycles. The maximum absolute atomic E-state index is 11.6. The van der Waals surface area contributed by atoms with Gasteiger partial charge in [0.25, 0.3) is 0 Å². The number of rotatable bonds is 4. The van der Waals surface area contributed by atoms with E-state index in [1.54, 1.807) is 24.4 Å². The van der Waals surface area contributed by atoms with E-state index >= 15 is 0 Å². The van der Waals surface area contributed by atoms with Crippen LogP contribution in [0.4, 0.5) is 0 Å². The van der Waals surface area contributed by atoms with E-state index < -0.39 is 0 Å². The standard InChI is InChI=1S/C14H14ClN3O/c1-18-9-8-16-13(18)10-17-14(19)7-4-11-2-5-12(15)6-3-11/h2-9H,10H2,1H3,(H,17,19)/b7-4+. The van der Waals surface area contributed by atoms with Gasteiger partial charge in [-0.3, -0.25) is 4.79 Å². The van der Waals surface area contributed by atoms with E-state index in [-0.39, 0.29) is 5.91 Å². The van der Waals surface area contributed by atoms with Gasteiger partial charge in [-0.05, 0) is 23.8 Å². The first-order chi connectivity index (χ1) is 9.15. The van der Waals surface area contributed by atoms with Crippen LogP contribution in [0.25, 0.3) is 6.08 Å². The van der Waals surface area contributed by atoms with Crippen molar-refractivity contribution in [1.29, 1.82) is 0 Å². The Morgan fingerprint density at radius 3 is 2.79 bits per heavy atom. The molecule has 1 heterocycles. The molecule has 0 atom stereocenters. The monoisotopic (exact) mass is 275 g/mol. The number of hydrogen-bond acceptors (Lipinski definition) is 2. The summed E-state index contributed by atoms with van der Waals surface area (Å²) < 4.78 is 1.86. The molecule has 1 aromatic heterocycles. The average molecular weight is 276 g/mol. The summed E-state index contributed by atoms with van der Waals surface area (Å²) in [5.41, 5.74) is 0.927. The molecule has 1 N–H and O–H groups in total. The van der Waals surface area contributed by atoms with Gasteiger partial charge in [0.1, 0.15) is 5.82 Å². The second kappa shape index (κ2) is 6.20. The molecule has 1 aromatic carbocycles. The number of amides is 1. The third-order valence-electron chi connectivity index (χ3n) is 2.64. The molecule has 4 nitrogen and oxygen atoms in total. The Hall–Kier alpha value is -2.07. The Morgan fingerprint density at radius 1 is 1.42 bits per heavy atom. The van der Waals surface area contributed by atoms with Gasteiger partial charge in [-0.25, -0.2) is 4.98 Å². The van der Waals surface area contributed by atoms with Crippen molar-refractivity contribution in [2.24, 2.45) is 7.05 Å². The maximum Gasteiger partial charge on any atom is 0.244 e. The smallest absolute Gasteiger partial charge is 0.244 e. The first kappa shape index (κ1) is 13.4. The maximum atomic E-state index is 11.6. The fourth-order valence-electron chi connectivity index (χ4n) is 1.54. The van der Waals surface area contributed by atoms with Crippen LogP contribution < -0.4 is 5.32 Å². The Bertz CT molecular complexity index is 587. The van der Waals surface area contributed by atoms with Crippen LogP contribution in [0.3, 0.4) is 0 Å². The van der Waals surface area contributed by atoms with Crippen LogP contribution in [-0.4, -0.2) is 15.5 Å². The first-order valence-electron chi connectivity index (χ1n) is 5.83. The fraction of sp³-hybridized carbons (Fsp3) is 0.143. The lowest BCUT2D eigenvalue weighted by Crippen LogP contribution is -2.22. The van der Waals surface area contributed by atoms with Crippen molar-refractivity contribution in [2.75, 3.05) is 0 Å². The quantitative estimate of drug-likeness (QED) is 0.871. The Kier molecular flexibility index (Phi) is 4.36. The molecule has 0 unspecified atom stereocenters. The van der Waals surface area contributed by atoms with Crippen LogP contribution in [-0.2, 0) is 18.4 Å². The Morgan fingerprint density at radius 2 is 2.16 bits per heavy atom. The van der Waals surface area contributed by atoms with Gasteiger partial charge in [-0.2, -0.15) is 0 Å². The van der Waals surface area contributed by atoms with Crippen LogP contribution in [0.5, 0.6) is 0 Å². The zero-order chi connectivity index (χ0) is 13.7. The summed E-state index contributed by atoms with van der Waals surface area (Å²) >= 11 is 5.78. The second-order valence-electron chi connectivity index (χ2n) is 4.06. The van der Waals surface area contributed by atoms with Gasteiger partial charge in [-0.15, -0.1) is 0 Å². The Labute approximate surface area is 116 Å². The van der Waals surface area contributed by atoms with E-state index in [4.69, 9.17) is 11.6 Å². The number of nitrogens with zero attached hydrogens (tertiary/aromatic N) is 2. The van der Waals surface area contributed by atoms with Gasteiger partial charge in [-0.1, -0.05) is 23.7 Å². The number of carbonyl (C=O) groups excluding carboxylic acids is 1. The van der Waals surface area contributed by atoms with E-state index in [9.17, 15) is 4.79 Å². The number of halogens is 1. The SMILES string of the molecule is Cn1ccnc1CNC(=O)/C=C/c1ccc(Cl)cc1. The van der Waals surface area contributed by atoms with Crippen LogP contribution in [0.15, 0.2) is 42.7 Å². The number of nitrogens with one attached hydrogen (secondary N) is 1. The predicted molar refractivity (Wildman–Crippen MR) is 75.5 cm³/mol. The summed E-state index contributed by atoms with van der Waals surface area (Å²) in [6.45, 7) is 0.410. The number of benzene rings is 1. The number of aryl methyl sites for hydroxylation is 1. The third kappa shape index (κ3) is 3.96. The van der Waals surface area contributed by atoms with Crippen molar-refractivity contribution in [1.82, 2.24) is 14.9 Å². The van der Waals surface area contributed by atoms with Gasteiger partial charge in [0.2, 0.25) is 5.91 Å². The van der Waals surface area contributed by atoms with E-state index in [1.165, 1.54) is 6.08 Å². The zero-order valence-corrected chi connectivity index (χ0v) is 11.3. The van der Waals surface area contributed by atoms with Gasteiger partial charge in [0.15, 0.2) is 0 Å². The van der Waals surface area contributed by atoms with Gasteiger partial charge >= 0.3 is 0 Å². The highest BCUT2D eigenvalue weighted by Crippen LogP contribution is 2.10. The minimum atomic E-state index is -0.155. The Balaban J connectivity index is 1.87. The fourth-order valence-corrected chi connectivity index (χ4v) is 1.66. The predicted octanol–water partition coefficient (Wildman–Crippen LogP) is 2.40. The highest BCUT2D eigenvalue weighted by atomic mass is 35.5. The van der Waals surface area contributed by atoms with E-state index in [2.05, 4.69) is 10.3 Å². The van der Waals surface area contributed by atoms with E-state index in [1.807, 2.05) is 29.9 Å².